The van der Waals surface area contributed by atoms with Crippen molar-refractivity contribution in [2.75, 3.05) is 0 Å². The molecule has 0 unspecified atom stereocenters. The van der Waals surface area contributed by atoms with Crippen molar-refractivity contribution in [3.63, 3.8) is 0 Å². The Morgan fingerprint density at radius 1 is 0.882 bits per heavy atom. The third-order valence-electron chi connectivity index (χ3n) is 3.42. The highest BCUT2D eigenvalue weighted by molar-refractivity contribution is 4.94. The standard InChI is InChI=1S/C15H28O2/c1-9-11-16-12(14(3,4)5)10(2)13(17-11)15(6,7)8/h9-13H,1H2,2-8H3/t10-,11-,12-,13-/m1/s1. The molecule has 0 aliphatic carbocycles. The van der Waals surface area contributed by atoms with Crippen molar-refractivity contribution in [3.05, 3.63) is 12.7 Å². The van der Waals surface area contributed by atoms with Gasteiger partial charge >= 0.3 is 0 Å². The summed E-state index contributed by atoms with van der Waals surface area (Å²) in [7, 11) is 0. The van der Waals surface area contributed by atoms with E-state index in [0.717, 1.165) is 0 Å². The summed E-state index contributed by atoms with van der Waals surface area (Å²) in [5, 5.41) is 0. The largest absolute Gasteiger partial charge is 0.345 e. The van der Waals surface area contributed by atoms with Crippen LogP contribution in [0.5, 0.6) is 0 Å². The molecule has 0 bridgehead atoms. The zero-order valence-corrected chi connectivity index (χ0v) is 12.4. The van der Waals surface area contributed by atoms with Crippen LogP contribution in [-0.2, 0) is 9.47 Å². The van der Waals surface area contributed by atoms with Crippen molar-refractivity contribution in [3.8, 4) is 0 Å². The van der Waals surface area contributed by atoms with Gasteiger partial charge in [-0.05, 0) is 16.9 Å². The molecule has 2 atom stereocenters. The third kappa shape index (κ3) is 3.32. The van der Waals surface area contributed by atoms with Crippen LogP contribution in [0, 0.1) is 16.7 Å². The number of hydrogen-bond donors (Lipinski definition) is 0. The van der Waals surface area contributed by atoms with Crippen molar-refractivity contribution in [1.29, 1.82) is 0 Å². The molecule has 0 amide bonds. The van der Waals surface area contributed by atoms with Crippen LogP contribution in [0.25, 0.3) is 0 Å². The molecule has 0 spiro atoms. The van der Waals surface area contributed by atoms with E-state index in [2.05, 4.69) is 55.0 Å². The SMILES string of the molecule is C=C[C@H]1O[C@@H](C(C)(C)C)[C@H](C)[C@H](C(C)(C)C)O1. The van der Waals surface area contributed by atoms with Crippen molar-refractivity contribution >= 4 is 0 Å². The maximum Gasteiger partial charge on any atom is 0.177 e. The van der Waals surface area contributed by atoms with Gasteiger partial charge in [0, 0.05) is 5.92 Å². The molecule has 0 radical (unpaired) electrons. The molecule has 1 heterocycles. The van der Waals surface area contributed by atoms with E-state index in [1.54, 1.807) is 6.08 Å². The lowest BCUT2D eigenvalue weighted by Gasteiger charge is -2.49. The lowest BCUT2D eigenvalue weighted by atomic mass is 9.72. The summed E-state index contributed by atoms with van der Waals surface area (Å²) in [5.74, 6) is 0.381. The van der Waals surface area contributed by atoms with Gasteiger partial charge in [-0.1, -0.05) is 55.0 Å². The van der Waals surface area contributed by atoms with Crippen LogP contribution in [0.2, 0.25) is 0 Å². The number of ether oxygens (including phenoxy) is 2. The van der Waals surface area contributed by atoms with E-state index in [1.165, 1.54) is 0 Å². The average molecular weight is 240 g/mol. The maximum atomic E-state index is 6.00. The molecule has 1 fully saturated rings. The highest BCUT2D eigenvalue weighted by atomic mass is 16.7. The molecule has 2 nitrogen and oxygen atoms in total. The minimum absolute atomic E-state index is 0.119. The summed E-state index contributed by atoms with van der Waals surface area (Å²) in [4.78, 5) is 0. The van der Waals surface area contributed by atoms with Gasteiger partial charge in [0.15, 0.2) is 6.29 Å². The molecule has 0 aromatic carbocycles. The molecule has 1 aliphatic heterocycles. The molecule has 0 saturated carbocycles. The quantitative estimate of drug-likeness (QED) is 0.645. The normalized spacial score (nSPS) is 35.7. The number of rotatable bonds is 1. The van der Waals surface area contributed by atoms with E-state index >= 15 is 0 Å². The Hall–Kier alpha value is -0.340. The fourth-order valence-corrected chi connectivity index (χ4v) is 2.82. The first-order valence-corrected chi connectivity index (χ1v) is 6.51. The predicted octanol–water partition coefficient (Wildman–Crippen LogP) is 4.01. The molecule has 0 aromatic heterocycles. The maximum absolute atomic E-state index is 6.00. The Labute approximate surface area is 106 Å². The Balaban J connectivity index is 2.98. The highest BCUT2D eigenvalue weighted by Crippen LogP contribution is 2.41. The van der Waals surface area contributed by atoms with E-state index in [0.29, 0.717) is 5.92 Å². The fourth-order valence-electron chi connectivity index (χ4n) is 2.82. The third-order valence-corrected chi connectivity index (χ3v) is 3.42. The van der Waals surface area contributed by atoms with E-state index in [9.17, 15) is 0 Å². The van der Waals surface area contributed by atoms with Crippen molar-refractivity contribution in [2.45, 2.75) is 67.0 Å². The first-order valence-electron chi connectivity index (χ1n) is 6.51. The summed E-state index contributed by atoms with van der Waals surface area (Å²) in [6, 6.07) is 0. The lowest BCUT2D eigenvalue weighted by Crippen LogP contribution is -2.53. The first-order chi connectivity index (χ1) is 7.57. The minimum atomic E-state index is -0.278. The Morgan fingerprint density at radius 3 is 1.47 bits per heavy atom. The van der Waals surface area contributed by atoms with E-state index < -0.39 is 0 Å². The van der Waals surface area contributed by atoms with Crippen LogP contribution in [0.3, 0.4) is 0 Å². The monoisotopic (exact) mass is 240 g/mol. The first kappa shape index (κ1) is 14.7. The smallest absolute Gasteiger partial charge is 0.177 e. The molecule has 0 N–H and O–H groups in total. The predicted molar refractivity (Wildman–Crippen MR) is 71.8 cm³/mol. The Bertz CT molecular complexity index is 246. The lowest BCUT2D eigenvalue weighted by molar-refractivity contribution is -0.284. The zero-order valence-electron chi connectivity index (χ0n) is 12.4. The number of hydrogen-bond acceptors (Lipinski definition) is 2. The van der Waals surface area contributed by atoms with Gasteiger partial charge in [-0.15, -0.1) is 0 Å². The van der Waals surface area contributed by atoms with Gasteiger partial charge in [0.05, 0.1) is 12.2 Å². The van der Waals surface area contributed by atoms with Crippen molar-refractivity contribution < 1.29 is 9.47 Å². The van der Waals surface area contributed by atoms with Gasteiger partial charge in [0.25, 0.3) is 0 Å². The molecule has 100 valence electrons. The van der Waals surface area contributed by atoms with E-state index in [-0.39, 0.29) is 29.3 Å². The van der Waals surface area contributed by atoms with Crippen LogP contribution in [0.1, 0.15) is 48.5 Å². The van der Waals surface area contributed by atoms with Gasteiger partial charge < -0.3 is 9.47 Å². The van der Waals surface area contributed by atoms with Crippen molar-refractivity contribution in [1.82, 2.24) is 0 Å². The molecule has 0 aromatic rings. The average Bonchev–Trinajstić information content (AvgIpc) is 2.14. The summed E-state index contributed by atoms with van der Waals surface area (Å²) >= 11 is 0. The van der Waals surface area contributed by atoms with Crippen LogP contribution < -0.4 is 0 Å². The molecular weight excluding hydrogens is 212 g/mol. The van der Waals surface area contributed by atoms with Crippen LogP contribution in [-0.4, -0.2) is 18.5 Å². The van der Waals surface area contributed by atoms with Gasteiger partial charge in [-0.25, -0.2) is 0 Å². The fraction of sp³-hybridized carbons (Fsp3) is 0.867. The van der Waals surface area contributed by atoms with Gasteiger partial charge in [-0.3, -0.25) is 0 Å². The van der Waals surface area contributed by atoms with E-state index in [4.69, 9.17) is 9.47 Å². The van der Waals surface area contributed by atoms with Crippen LogP contribution in [0.15, 0.2) is 12.7 Å². The molecular formula is C15H28O2. The molecule has 1 saturated heterocycles. The topological polar surface area (TPSA) is 18.5 Å². The molecule has 17 heavy (non-hydrogen) atoms. The highest BCUT2D eigenvalue weighted by Gasteiger charge is 2.45. The zero-order chi connectivity index (χ0) is 13.4. The Morgan fingerprint density at radius 2 is 1.24 bits per heavy atom. The van der Waals surface area contributed by atoms with Gasteiger partial charge in [0.1, 0.15) is 0 Å². The second-order valence-corrected chi connectivity index (χ2v) is 7.31. The second-order valence-electron chi connectivity index (χ2n) is 7.31. The summed E-state index contributed by atoms with van der Waals surface area (Å²) in [6.45, 7) is 19.3. The van der Waals surface area contributed by atoms with Gasteiger partial charge in [-0.2, -0.15) is 0 Å². The van der Waals surface area contributed by atoms with Gasteiger partial charge in [0.2, 0.25) is 0 Å². The molecule has 2 heteroatoms. The summed E-state index contributed by atoms with van der Waals surface area (Å²) in [6.07, 6.45) is 1.87. The molecule has 1 aliphatic rings. The summed E-state index contributed by atoms with van der Waals surface area (Å²) < 4.78 is 12.0. The van der Waals surface area contributed by atoms with E-state index in [1.807, 2.05) is 0 Å². The minimum Gasteiger partial charge on any atom is -0.345 e. The molecule has 1 rings (SSSR count). The Kier molecular flexibility index (Phi) is 4.10. The second kappa shape index (κ2) is 4.74. The summed E-state index contributed by atoms with van der Waals surface area (Å²) in [5.41, 5.74) is 0.238. The van der Waals surface area contributed by atoms with Crippen molar-refractivity contribution in [2.24, 2.45) is 16.7 Å². The van der Waals surface area contributed by atoms with Crippen LogP contribution in [0.4, 0.5) is 0 Å². The van der Waals surface area contributed by atoms with Crippen LogP contribution >= 0.6 is 0 Å².